The second kappa shape index (κ2) is 7.38. The Hall–Kier alpha value is -2.52. The van der Waals surface area contributed by atoms with E-state index >= 15 is 0 Å². The van der Waals surface area contributed by atoms with Crippen molar-refractivity contribution in [1.82, 2.24) is 30.4 Å². The Morgan fingerprint density at radius 2 is 2.00 bits per heavy atom. The summed E-state index contributed by atoms with van der Waals surface area (Å²) in [5.41, 5.74) is 2.10. The standard InChI is InChI=1S/C17H16N6OS2/c1-11-5-7-13(8-6-11)16-19-18-15(24-16)12(2)26-17-20-21-22-23(17)10-14-4-3-9-25-14/h3-9,12H,10H2,1-2H3. The first-order valence-electron chi connectivity index (χ1n) is 8.04. The van der Waals surface area contributed by atoms with Gasteiger partial charge in [-0.3, -0.25) is 0 Å². The fourth-order valence-electron chi connectivity index (χ4n) is 2.35. The number of hydrogen-bond acceptors (Lipinski definition) is 8. The van der Waals surface area contributed by atoms with E-state index < -0.39 is 0 Å². The van der Waals surface area contributed by atoms with Crippen molar-refractivity contribution in [3.05, 3.63) is 58.1 Å². The molecule has 3 aromatic heterocycles. The highest BCUT2D eigenvalue weighted by atomic mass is 32.2. The smallest absolute Gasteiger partial charge is 0.247 e. The molecule has 4 rings (SSSR count). The number of nitrogens with zero attached hydrogens (tertiary/aromatic N) is 6. The van der Waals surface area contributed by atoms with Crippen LogP contribution in [0.15, 0.2) is 51.4 Å². The Bertz CT molecular complexity index is 977. The van der Waals surface area contributed by atoms with Crippen LogP contribution in [0.25, 0.3) is 11.5 Å². The van der Waals surface area contributed by atoms with Gasteiger partial charge in [0.05, 0.1) is 11.8 Å². The number of tetrazole rings is 1. The molecule has 0 aliphatic carbocycles. The fourth-order valence-corrected chi connectivity index (χ4v) is 3.85. The summed E-state index contributed by atoms with van der Waals surface area (Å²) in [7, 11) is 0. The molecule has 4 aromatic rings. The Balaban J connectivity index is 1.48. The molecule has 132 valence electrons. The molecule has 0 spiro atoms. The molecule has 1 unspecified atom stereocenters. The molecular weight excluding hydrogens is 368 g/mol. The second-order valence-electron chi connectivity index (χ2n) is 5.77. The third-order valence-electron chi connectivity index (χ3n) is 3.75. The normalized spacial score (nSPS) is 12.4. The summed E-state index contributed by atoms with van der Waals surface area (Å²) in [6.07, 6.45) is 0. The molecular formula is C17H16N6OS2. The third-order valence-corrected chi connectivity index (χ3v) is 5.67. The average molecular weight is 384 g/mol. The van der Waals surface area contributed by atoms with Crippen LogP contribution in [0.3, 0.4) is 0 Å². The maximum Gasteiger partial charge on any atom is 0.247 e. The molecule has 0 fully saturated rings. The Labute approximate surface area is 158 Å². The average Bonchev–Trinajstić information content (AvgIpc) is 3.38. The number of aryl methyl sites for hydroxylation is 1. The zero-order chi connectivity index (χ0) is 17.9. The van der Waals surface area contributed by atoms with Crippen LogP contribution in [-0.2, 0) is 6.54 Å². The lowest BCUT2D eigenvalue weighted by Crippen LogP contribution is -2.03. The molecule has 0 saturated carbocycles. The van der Waals surface area contributed by atoms with E-state index in [0.29, 0.717) is 18.3 Å². The molecule has 7 nitrogen and oxygen atoms in total. The number of thiophene rings is 1. The summed E-state index contributed by atoms with van der Waals surface area (Å²) in [5, 5.41) is 23.0. The molecule has 9 heteroatoms. The lowest BCUT2D eigenvalue weighted by atomic mass is 10.1. The largest absolute Gasteiger partial charge is 0.419 e. The molecule has 0 N–H and O–H groups in total. The predicted octanol–water partition coefficient (Wildman–Crippen LogP) is 3.99. The molecule has 1 atom stereocenters. The van der Waals surface area contributed by atoms with E-state index in [-0.39, 0.29) is 5.25 Å². The Morgan fingerprint density at radius 3 is 2.77 bits per heavy atom. The highest BCUT2D eigenvalue weighted by Gasteiger charge is 2.20. The predicted molar refractivity (Wildman–Crippen MR) is 100.0 cm³/mol. The van der Waals surface area contributed by atoms with Crippen molar-refractivity contribution in [2.24, 2.45) is 0 Å². The first kappa shape index (κ1) is 16.9. The highest BCUT2D eigenvalue weighted by Crippen LogP contribution is 2.34. The van der Waals surface area contributed by atoms with Crippen LogP contribution in [0.5, 0.6) is 0 Å². The van der Waals surface area contributed by atoms with Crippen LogP contribution in [0, 0.1) is 6.92 Å². The molecule has 0 amide bonds. The lowest BCUT2D eigenvalue weighted by Gasteiger charge is -2.06. The van der Waals surface area contributed by atoms with Gasteiger partial charge in [-0.05, 0) is 47.9 Å². The van der Waals surface area contributed by atoms with Gasteiger partial charge < -0.3 is 4.42 Å². The van der Waals surface area contributed by atoms with Gasteiger partial charge in [0.2, 0.25) is 16.9 Å². The van der Waals surface area contributed by atoms with Crippen molar-refractivity contribution in [2.75, 3.05) is 0 Å². The minimum absolute atomic E-state index is 0.0604. The molecule has 0 aliphatic heterocycles. The van der Waals surface area contributed by atoms with Gasteiger partial charge in [0, 0.05) is 10.4 Å². The second-order valence-corrected chi connectivity index (χ2v) is 8.11. The summed E-state index contributed by atoms with van der Waals surface area (Å²) in [5.74, 6) is 1.07. The molecule has 3 heterocycles. The van der Waals surface area contributed by atoms with Crippen molar-refractivity contribution in [1.29, 1.82) is 0 Å². The van der Waals surface area contributed by atoms with Gasteiger partial charge in [0.25, 0.3) is 0 Å². The van der Waals surface area contributed by atoms with Gasteiger partial charge in [-0.25, -0.2) is 4.68 Å². The van der Waals surface area contributed by atoms with Crippen LogP contribution in [0.2, 0.25) is 0 Å². The molecule has 0 radical (unpaired) electrons. The van der Waals surface area contributed by atoms with Crippen molar-refractivity contribution in [2.45, 2.75) is 30.8 Å². The van der Waals surface area contributed by atoms with E-state index in [1.54, 1.807) is 16.0 Å². The van der Waals surface area contributed by atoms with Crippen LogP contribution in [0.4, 0.5) is 0 Å². The van der Waals surface area contributed by atoms with Crippen LogP contribution in [-0.4, -0.2) is 30.4 Å². The van der Waals surface area contributed by atoms with E-state index in [1.165, 1.54) is 22.2 Å². The summed E-state index contributed by atoms with van der Waals surface area (Å²) in [6, 6.07) is 12.1. The number of thioether (sulfide) groups is 1. The van der Waals surface area contributed by atoms with E-state index in [4.69, 9.17) is 4.42 Å². The maximum atomic E-state index is 5.85. The topological polar surface area (TPSA) is 82.5 Å². The Kier molecular flexibility index (Phi) is 4.81. The summed E-state index contributed by atoms with van der Waals surface area (Å²) >= 11 is 3.18. The first-order chi connectivity index (χ1) is 12.7. The first-order valence-corrected chi connectivity index (χ1v) is 9.80. The SMILES string of the molecule is Cc1ccc(-c2nnc(C(C)Sc3nnnn3Cc3cccs3)o2)cc1. The fraction of sp³-hybridized carbons (Fsp3) is 0.235. The van der Waals surface area contributed by atoms with Crippen molar-refractivity contribution >= 4 is 23.1 Å². The van der Waals surface area contributed by atoms with Crippen LogP contribution in [0.1, 0.15) is 28.5 Å². The molecule has 1 aromatic carbocycles. The van der Waals surface area contributed by atoms with E-state index in [1.807, 2.05) is 49.6 Å². The summed E-state index contributed by atoms with van der Waals surface area (Å²) in [4.78, 5) is 1.20. The number of aromatic nitrogens is 6. The Morgan fingerprint density at radius 1 is 1.15 bits per heavy atom. The highest BCUT2D eigenvalue weighted by molar-refractivity contribution is 7.99. The van der Waals surface area contributed by atoms with Gasteiger partial charge in [-0.15, -0.1) is 26.6 Å². The molecule has 0 aliphatic rings. The number of rotatable bonds is 6. The molecule has 26 heavy (non-hydrogen) atoms. The van der Waals surface area contributed by atoms with Crippen LogP contribution < -0.4 is 0 Å². The zero-order valence-electron chi connectivity index (χ0n) is 14.2. The van der Waals surface area contributed by atoms with E-state index in [0.717, 1.165) is 10.7 Å². The number of benzene rings is 1. The van der Waals surface area contributed by atoms with E-state index in [2.05, 4.69) is 31.8 Å². The summed E-state index contributed by atoms with van der Waals surface area (Å²) in [6.45, 7) is 4.70. The van der Waals surface area contributed by atoms with Gasteiger partial charge in [-0.1, -0.05) is 35.5 Å². The third kappa shape index (κ3) is 3.68. The minimum atomic E-state index is -0.0604. The number of hydrogen-bond donors (Lipinski definition) is 0. The lowest BCUT2D eigenvalue weighted by molar-refractivity contribution is 0.508. The minimum Gasteiger partial charge on any atom is -0.419 e. The van der Waals surface area contributed by atoms with Gasteiger partial charge >= 0.3 is 0 Å². The van der Waals surface area contributed by atoms with Gasteiger partial charge in [0.15, 0.2) is 0 Å². The van der Waals surface area contributed by atoms with Gasteiger partial charge in [0.1, 0.15) is 0 Å². The van der Waals surface area contributed by atoms with Crippen molar-refractivity contribution < 1.29 is 4.42 Å². The van der Waals surface area contributed by atoms with Crippen LogP contribution >= 0.6 is 23.1 Å². The molecule has 0 bridgehead atoms. The maximum absolute atomic E-state index is 5.85. The van der Waals surface area contributed by atoms with Gasteiger partial charge in [-0.2, -0.15) is 0 Å². The molecule has 0 saturated heterocycles. The van der Waals surface area contributed by atoms with E-state index in [9.17, 15) is 0 Å². The van der Waals surface area contributed by atoms with Crippen molar-refractivity contribution in [3.63, 3.8) is 0 Å². The monoisotopic (exact) mass is 384 g/mol. The quantitative estimate of drug-likeness (QED) is 0.465. The summed E-state index contributed by atoms with van der Waals surface area (Å²) < 4.78 is 7.63. The zero-order valence-corrected chi connectivity index (χ0v) is 15.9. The van der Waals surface area contributed by atoms with Crippen molar-refractivity contribution in [3.8, 4) is 11.5 Å².